The summed E-state index contributed by atoms with van der Waals surface area (Å²) < 4.78 is 10.4. The van der Waals surface area contributed by atoms with Crippen molar-refractivity contribution >= 4 is 29.1 Å². The molecule has 3 rings (SSSR count). The van der Waals surface area contributed by atoms with Crippen molar-refractivity contribution in [3.63, 3.8) is 0 Å². The van der Waals surface area contributed by atoms with E-state index in [1.165, 1.54) is 12.7 Å². The van der Waals surface area contributed by atoms with Gasteiger partial charge in [0.25, 0.3) is 0 Å². The highest BCUT2D eigenvalue weighted by molar-refractivity contribution is 5.93. The molecule has 28 heavy (non-hydrogen) atoms. The highest BCUT2D eigenvalue weighted by Gasteiger charge is 2.29. The highest BCUT2D eigenvalue weighted by atomic mass is 16.5. The smallest absolute Gasteiger partial charge is 0.337 e. The van der Waals surface area contributed by atoms with Crippen molar-refractivity contribution in [3.05, 3.63) is 59.2 Å². The van der Waals surface area contributed by atoms with E-state index in [2.05, 4.69) is 55.9 Å². The van der Waals surface area contributed by atoms with Crippen LogP contribution in [0.1, 0.15) is 42.3 Å². The lowest BCUT2D eigenvalue weighted by molar-refractivity contribution is 0.0601. The number of benzene rings is 2. The van der Waals surface area contributed by atoms with Gasteiger partial charge in [0.15, 0.2) is 0 Å². The number of carbonyl (C=O) groups excluding carboxylic acids is 1. The second kappa shape index (κ2) is 7.50. The average molecular weight is 378 g/mol. The molecule has 0 radical (unpaired) electrons. The number of hydrogen-bond donors (Lipinski definition) is 0. The molecule has 5 nitrogen and oxygen atoms in total. The summed E-state index contributed by atoms with van der Waals surface area (Å²) >= 11 is 0. The Morgan fingerprint density at radius 1 is 1.18 bits per heavy atom. The van der Waals surface area contributed by atoms with Crippen LogP contribution in [0.25, 0.3) is 5.57 Å². The van der Waals surface area contributed by atoms with Crippen LogP contribution in [0.2, 0.25) is 0 Å². The SMILES string of the molecule is COC(=O)c1cccc(N=Cc2cc3c(cc2OC)N(C)C(C)(C)C=C3C)c1. The summed E-state index contributed by atoms with van der Waals surface area (Å²) in [6.07, 6.45) is 4.03. The Balaban J connectivity index is 2.01. The fraction of sp³-hybridized carbons (Fsp3) is 0.304. The predicted octanol–water partition coefficient (Wildman–Crippen LogP) is 4.86. The number of nitrogens with zero attached hydrogens (tertiary/aromatic N) is 2. The minimum absolute atomic E-state index is 0.0635. The second-order valence-electron chi connectivity index (χ2n) is 7.45. The number of ether oxygens (including phenoxy) is 2. The van der Waals surface area contributed by atoms with Gasteiger partial charge in [0.1, 0.15) is 5.75 Å². The highest BCUT2D eigenvalue weighted by Crippen LogP contribution is 2.41. The maximum Gasteiger partial charge on any atom is 0.337 e. The Bertz CT molecular complexity index is 974. The monoisotopic (exact) mass is 378 g/mol. The summed E-state index contributed by atoms with van der Waals surface area (Å²) in [5, 5.41) is 0. The van der Waals surface area contributed by atoms with E-state index in [1.807, 2.05) is 6.07 Å². The zero-order valence-corrected chi connectivity index (χ0v) is 17.2. The topological polar surface area (TPSA) is 51.1 Å². The standard InChI is InChI=1S/C23H26N2O3/c1-15-13-23(2,3)25(4)20-12-21(27-5)17(11-19(15)20)14-24-18-9-7-8-16(10-18)22(26)28-6/h7-14H,1-6H3. The molecule has 0 unspecified atom stereocenters. The number of fused-ring (bicyclic) bond motifs is 1. The Morgan fingerprint density at radius 3 is 2.61 bits per heavy atom. The molecule has 0 spiro atoms. The van der Waals surface area contributed by atoms with E-state index in [0.717, 1.165) is 22.6 Å². The van der Waals surface area contributed by atoms with Crippen molar-refractivity contribution in [1.82, 2.24) is 0 Å². The van der Waals surface area contributed by atoms with Crippen molar-refractivity contribution in [2.75, 3.05) is 26.2 Å². The van der Waals surface area contributed by atoms with E-state index in [0.29, 0.717) is 11.3 Å². The summed E-state index contributed by atoms with van der Waals surface area (Å²) in [6, 6.07) is 11.2. The van der Waals surface area contributed by atoms with Crippen molar-refractivity contribution in [1.29, 1.82) is 0 Å². The molecular weight excluding hydrogens is 352 g/mol. The van der Waals surface area contributed by atoms with Crippen LogP contribution < -0.4 is 9.64 Å². The molecule has 0 fully saturated rings. The van der Waals surface area contributed by atoms with Crippen LogP contribution in [-0.4, -0.2) is 39.0 Å². The number of esters is 1. The molecule has 2 aromatic carbocycles. The molecule has 5 heteroatoms. The van der Waals surface area contributed by atoms with E-state index >= 15 is 0 Å². The van der Waals surface area contributed by atoms with Gasteiger partial charge in [-0.3, -0.25) is 4.99 Å². The molecule has 1 aliphatic heterocycles. The minimum atomic E-state index is -0.380. The fourth-order valence-electron chi connectivity index (χ4n) is 3.45. The van der Waals surface area contributed by atoms with Gasteiger partial charge in [-0.05, 0) is 50.6 Å². The van der Waals surface area contributed by atoms with E-state index in [4.69, 9.17) is 9.47 Å². The van der Waals surface area contributed by atoms with Crippen LogP contribution in [-0.2, 0) is 4.74 Å². The number of likely N-dealkylation sites (N-methyl/N-ethyl adjacent to an activating group) is 1. The van der Waals surface area contributed by atoms with Crippen LogP contribution in [0.15, 0.2) is 47.5 Å². The summed E-state index contributed by atoms with van der Waals surface area (Å²) in [6.45, 7) is 6.51. The van der Waals surface area contributed by atoms with E-state index in [9.17, 15) is 4.79 Å². The van der Waals surface area contributed by atoms with Crippen LogP contribution in [0, 0.1) is 0 Å². The first-order valence-electron chi connectivity index (χ1n) is 9.15. The Labute approximate surface area is 166 Å². The predicted molar refractivity (Wildman–Crippen MR) is 114 cm³/mol. The van der Waals surface area contributed by atoms with Crippen molar-refractivity contribution in [2.45, 2.75) is 26.3 Å². The van der Waals surface area contributed by atoms with Crippen molar-refractivity contribution < 1.29 is 14.3 Å². The average Bonchev–Trinajstić information content (AvgIpc) is 2.69. The van der Waals surface area contributed by atoms with Gasteiger partial charge in [0.2, 0.25) is 0 Å². The van der Waals surface area contributed by atoms with Crippen LogP contribution >= 0.6 is 0 Å². The molecule has 2 aromatic rings. The van der Waals surface area contributed by atoms with E-state index in [1.54, 1.807) is 31.5 Å². The third-order valence-corrected chi connectivity index (χ3v) is 5.19. The fourth-order valence-corrected chi connectivity index (χ4v) is 3.45. The second-order valence-corrected chi connectivity index (χ2v) is 7.45. The zero-order chi connectivity index (χ0) is 20.5. The lowest BCUT2D eigenvalue weighted by Gasteiger charge is -2.40. The Hall–Kier alpha value is -3.08. The van der Waals surface area contributed by atoms with Gasteiger partial charge < -0.3 is 14.4 Å². The third kappa shape index (κ3) is 3.65. The molecule has 0 bridgehead atoms. The molecule has 0 aromatic heterocycles. The zero-order valence-electron chi connectivity index (χ0n) is 17.2. The van der Waals surface area contributed by atoms with Gasteiger partial charge in [-0.1, -0.05) is 12.1 Å². The molecule has 0 atom stereocenters. The van der Waals surface area contributed by atoms with Crippen LogP contribution in [0.3, 0.4) is 0 Å². The molecule has 0 aliphatic carbocycles. The summed E-state index contributed by atoms with van der Waals surface area (Å²) in [4.78, 5) is 18.5. The first-order valence-corrected chi connectivity index (χ1v) is 9.15. The molecule has 0 saturated carbocycles. The maximum atomic E-state index is 11.7. The molecule has 0 saturated heterocycles. The summed E-state index contributed by atoms with van der Waals surface area (Å²) in [5.74, 6) is 0.374. The van der Waals surface area contributed by atoms with Crippen LogP contribution in [0.5, 0.6) is 5.75 Å². The van der Waals surface area contributed by atoms with Crippen LogP contribution in [0.4, 0.5) is 11.4 Å². The molecule has 146 valence electrons. The van der Waals surface area contributed by atoms with E-state index < -0.39 is 0 Å². The molecular formula is C23H26N2O3. The van der Waals surface area contributed by atoms with Crippen molar-refractivity contribution in [2.24, 2.45) is 4.99 Å². The first kappa shape index (κ1) is 19.7. The van der Waals surface area contributed by atoms with Crippen molar-refractivity contribution in [3.8, 4) is 5.75 Å². The van der Waals surface area contributed by atoms with Gasteiger partial charge in [0.05, 0.1) is 31.0 Å². The Morgan fingerprint density at radius 2 is 1.93 bits per heavy atom. The number of methoxy groups -OCH3 is 2. The quantitative estimate of drug-likeness (QED) is 0.563. The normalized spacial score (nSPS) is 15.2. The summed E-state index contributed by atoms with van der Waals surface area (Å²) in [7, 11) is 5.12. The number of aliphatic imine (C=N–C) groups is 1. The van der Waals surface area contributed by atoms with Gasteiger partial charge >= 0.3 is 5.97 Å². The molecule has 0 amide bonds. The number of hydrogen-bond acceptors (Lipinski definition) is 5. The summed E-state index contributed by atoms with van der Waals surface area (Å²) in [5.41, 5.74) is 5.48. The minimum Gasteiger partial charge on any atom is -0.496 e. The maximum absolute atomic E-state index is 11.7. The molecule has 1 heterocycles. The molecule has 0 N–H and O–H groups in total. The first-order chi connectivity index (χ1) is 13.3. The van der Waals surface area contributed by atoms with Gasteiger partial charge in [-0.25, -0.2) is 4.79 Å². The third-order valence-electron chi connectivity index (χ3n) is 5.19. The lowest BCUT2D eigenvalue weighted by atomic mass is 9.88. The van der Waals surface area contributed by atoms with Gasteiger partial charge in [0, 0.05) is 36.1 Å². The Kier molecular flexibility index (Phi) is 5.27. The number of rotatable bonds is 4. The van der Waals surface area contributed by atoms with E-state index in [-0.39, 0.29) is 11.5 Å². The number of carbonyl (C=O) groups is 1. The largest absolute Gasteiger partial charge is 0.496 e. The lowest BCUT2D eigenvalue weighted by Crippen LogP contribution is -2.42. The van der Waals surface area contributed by atoms with Gasteiger partial charge in [-0.15, -0.1) is 0 Å². The number of anilines is 1. The number of allylic oxidation sites excluding steroid dienone is 1. The van der Waals surface area contributed by atoms with Gasteiger partial charge in [-0.2, -0.15) is 0 Å². The molecule has 1 aliphatic rings.